The number of fused-ring (bicyclic) bond motifs is 2. The number of nitrogens with zero attached hydrogens (tertiary/aromatic N) is 1. The maximum Gasteiger partial charge on any atom is 0.325 e. The molecular weight excluding hydrogens is 354 g/mol. The predicted molar refractivity (Wildman–Crippen MR) is 106 cm³/mol. The van der Waals surface area contributed by atoms with Crippen molar-refractivity contribution in [1.82, 2.24) is 15.5 Å². The van der Waals surface area contributed by atoms with Gasteiger partial charge in [-0.2, -0.15) is 0 Å². The van der Waals surface area contributed by atoms with Crippen molar-refractivity contribution in [3.63, 3.8) is 0 Å². The lowest BCUT2D eigenvalue weighted by Crippen LogP contribution is -2.51. The number of imide groups is 1. The summed E-state index contributed by atoms with van der Waals surface area (Å²) >= 11 is 0. The van der Waals surface area contributed by atoms with Gasteiger partial charge in [0.05, 0.1) is 0 Å². The van der Waals surface area contributed by atoms with Gasteiger partial charge in [-0.3, -0.25) is 14.5 Å². The first kappa shape index (κ1) is 19.7. The van der Waals surface area contributed by atoms with E-state index in [0.29, 0.717) is 24.7 Å². The van der Waals surface area contributed by atoms with Crippen molar-refractivity contribution >= 4 is 17.8 Å². The van der Waals surface area contributed by atoms with E-state index in [1.807, 2.05) is 0 Å². The minimum absolute atomic E-state index is 0.0877. The molecule has 4 aliphatic rings. The van der Waals surface area contributed by atoms with Crippen LogP contribution in [0, 0.1) is 22.7 Å². The van der Waals surface area contributed by atoms with Crippen molar-refractivity contribution in [2.75, 3.05) is 6.54 Å². The van der Waals surface area contributed by atoms with E-state index in [2.05, 4.69) is 38.3 Å². The summed E-state index contributed by atoms with van der Waals surface area (Å²) in [5.74, 6) is 0.852. The van der Waals surface area contributed by atoms with Crippen LogP contribution >= 0.6 is 0 Å². The molecule has 3 saturated carbocycles. The van der Waals surface area contributed by atoms with E-state index in [1.165, 1.54) is 6.42 Å². The molecule has 4 fully saturated rings. The molecule has 4 rings (SSSR count). The second kappa shape index (κ2) is 6.46. The molecule has 0 aromatic carbocycles. The number of urea groups is 1. The van der Waals surface area contributed by atoms with Gasteiger partial charge in [0.25, 0.3) is 5.91 Å². The zero-order chi connectivity index (χ0) is 20.3. The van der Waals surface area contributed by atoms with Crippen LogP contribution in [0.3, 0.4) is 0 Å². The molecule has 1 aliphatic heterocycles. The van der Waals surface area contributed by atoms with E-state index in [-0.39, 0.29) is 35.2 Å². The maximum absolute atomic E-state index is 13.0. The summed E-state index contributed by atoms with van der Waals surface area (Å²) < 4.78 is 0. The largest absolute Gasteiger partial charge is 0.351 e. The van der Waals surface area contributed by atoms with Crippen LogP contribution in [0.1, 0.15) is 79.1 Å². The normalized spacial score (nSPS) is 36.2. The molecular formula is C22H35N3O3. The van der Waals surface area contributed by atoms with Gasteiger partial charge in [-0.05, 0) is 67.6 Å². The number of hydrogen-bond donors (Lipinski definition) is 2. The summed E-state index contributed by atoms with van der Waals surface area (Å²) in [5, 5.41) is 6.09. The van der Waals surface area contributed by atoms with Crippen LogP contribution in [0.2, 0.25) is 0 Å². The fraction of sp³-hybridized carbons (Fsp3) is 0.864. The zero-order valence-corrected chi connectivity index (χ0v) is 17.8. The third kappa shape index (κ3) is 2.70. The van der Waals surface area contributed by atoms with Crippen molar-refractivity contribution in [3.05, 3.63) is 0 Å². The Morgan fingerprint density at radius 3 is 2.36 bits per heavy atom. The minimum Gasteiger partial charge on any atom is -0.351 e. The highest BCUT2D eigenvalue weighted by Gasteiger charge is 2.61. The summed E-state index contributed by atoms with van der Waals surface area (Å²) in [6.07, 6.45) is 7.75. The molecule has 156 valence electrons. The lowest BCUT2D eigenvalue weighted by molar-refractivity contribution is -0.136. The number of rotatable bonds is 4. The van der Waals surface area contributed by atoms with E-state index < -0.39 is 11.6 Å². The number of carbonyl (C=O) groups is 3. The van der Waals surface area contributed by atoms with Gasteiger partial charge in [-0.15, -0.1) is 0 Å². The second-order valence-electron chi connectivity index (χ2n) is 10.5. The molecule has 0 aromatic rings. The van der Waals surface area contributed by atoms with Crippen LogP contribution in [0.25, 0.3) is 0 Å². The van der Waals surface area contributed by atoms with E-state index in [0.717, 1.165) is 37.0 Å². The van der Waals surface area contributed by atoms with Gasteiger partial charge in [0.1, 0.15) is 12.1 Å². The third-order valence-electron chi connectivity index (χ3n) is 9.21. The molecule has 4 amide bonds. The van der Waals surface area contributed by atoms with Gasteiger partial charge >= 0.3 is 6.03 Å². The fourth-order valence-electron chi connectivity index (χ4n) is 6.54. The molecule has 0 radical (unpaired) electrons. The van der Waals surface area contributed by atoms with Crippen LogP contribution in [-0.2, 0) is 9.59 Å². The lowest BCUT2D eigenvalue weighted by atomic mass is 9.69. The van der Waals surface area contributed by atoms with Gasteiger partial charge in [-0.1, -0.05) is 34.1 Å². The van der Waals surface area contributed by atoms with Crippen molar-refractivity contribution in [1.29, 1.82) is 0 Å². The Morgan fingerprint density at radius 2 is 1.82 bits per heavy atom. The zero-order valence-electron chi connectivity index (χ0n) is 17.8. The molecule has 6 heteroatoms. The smallest absolute Gasteiger partial charge is 0.325 e. The predicted octanol–water partition coefficient (Wildman–Crippen LogP) is 3.21. The van der Waals surface area contributed by atoms with Crippen LogP contribution in [0.4, 0.5) is 4.79 Å². The van der Waals surface area contributed by atoms with Crippen LogP contribution < -0.4 is 10.6 Å². The molecule has 2 bridgehead atoms. The third-order valence-corrected chi connectivity index (χ3v) is 9.21. The summed E-state index contributed by atoms with van der Waals surface area (Å²) in [7, 11) is 0. The SMILES string of the molecule is CCC1CCC2(CC1)NC(=O)N(CC(=O)NC1CC3CCC1(C)C3(C)C)C2=O. The molecule has 28 heavy (non-hydrogen) atoms. The summed E-state index contributed by atoms with van der Waals surface area (Å²) in [5.41, 5.74) is -0.471. The van der Waals surface area contributed by atoms with Crippen LogP contribution in [0.5, 0.6) is 0 Å². The van der Waals surface area contributed by atoms with E-state index >= 15 is 0 Å². The Bertz CT molecular complexity index is 695. The quantitative estimate of drug-likeness (QED) is 0.725. The first-order valence-electron chi connectivity index (χ1n) is 11.1. The van der Waals surface area contributed by atoms with Crippen molar-refractivity contribution in [3.8, 4) is 0 Å². The summed E-state index contributed by atoms with van der Waals surface area (Å²) in [4.78, 5) is 39.4. The number of hydrogen-bond acceptors (Lipinski definition) is 3. The van der Waals surface area contributed by atoms with E-state index in [4.69, 9.17) is 0 Å². The first-order chi connectivity index (χ1) is 13.1. The molecule has 3 unspecified atom stereocenters. The topological polar surface area (TPSA) is 78.5 Å². The highest BCUT2D eigenvalue weighted by molar-refractivity contribution is 6.09. The number of amides is 4. The Balaban J connectivity index is 1.39. The number of carbonyl (C=O) groups excluding carboxylic acids is 3. The monoisotopic (exact) mass is 389 g/mol. The maximum atomic E-state index is 13.0. The molecule has 0 aromatic heterocycles. The van der Waals surface area contributed by atoms with Gasteiger partial charge < -0.3 is 10.6 Å². The fourth-order valence-corrected chi connectivity index (χ4v) is 6.54. The van der Waals surface area contributed by atoms with E-state index in [1.54, 1.807) is 0 Å². The molecule has 3 atom stereocenters. The van der Waals surface area contributed by atoms with Crippen LogP contribution in [-0.4, -0.2) is 40.9 Å². The standard InChI is InChI=1S/C22H35N3O3/c1-5-14-6-10-22(11-7-14)18(27)25(19(28)24-22)13-17(26)23-16-12-15-8-9-21(16,4)20(15,2)3/h14-16H,5-13H2,1-4H3,(H,23,26)(H,24,28). The average Bonchev–Trinajstić information content (AvgIpc) is 3.09. The van der Waals surface area contributed by atoms with Gasteiger partial charge in [0.2, 0.25) is 5.91 Å². The first-order valence-corrected chi connectivity index (χ1v) is 11.1. The van der Waals surface area contributed by atoms with E-state index in [9.17, 15) is 14.4 Å². The average molecular weight is 390 g/mol. The van der Waals surface area contributed by atoms with Gasteiger partial charge in [0.15, 0.2) is 0 Å². The summed E-state index contributed by atoms with van der Waals surface area (Å²) in [6, 6.07) is -0.280. The van der Waals surface area contributed by atoms with Gasteiger partial charge in [-0.25, -0.2) is 4.79 Å². The Kier molecular flexibility index (Phi) is 4.55. The lowest BCUT2D eigenvalue weighted by Gasteiger charge is -2.39. The summed E-state index contributed by atoms with van der Waals surface area (Å²) in [6.45, 7) is 8.91. The molecule has 2 N–H and O–H groups in total. The Labute approximate surface area is 168 Å². The Morgan fingerprint density at radius 1 is 1.14 bits per heavy atom. The Hall–Kier alpha value is -1.59. The van der Waals surface area contributed by atoms with Crippen molar-refractivity contribution < 1.29 is 14.4 Å². The minimum atomic E-state index is -0.774. The molecule has 1 spiro atoms. The highest BCUT2D eigenvalue weighted by atomic mass is 16.2. The number of nitrogens with one attached hydrogen (secondary N) is 2. The molecule has 6 nitrogen and oxygen atoms in total. The second-order valence-corrected chi connectivity index (χ2v) is 10.5. The molecule has 3 aliphatic carbocycles. The van der Waals surface area contributed by atoms with Crippen molar-refractivity contribution in [2.24, 2.45) is 22.7 Å². The van der Waals surface area contributed by atoms with Gasteiger partial charge in [0, 0.05) is 6.04 Å². The van der Waals surface area contributed by atoms with Crippen LogP contribution in [0.15, 0.2) is 0 Å². The highest BCUT2D eigenvalue weighted by Crippen LogP contribution is 2.65. The molecule has 1 saturated heterocycles. The molecule has 1 heterocycles. The van der Waals surface area contributed by atoms with Crippen molar-refractivity contribution in [2.45, 2.75) is 90.6 Å².